The number of unbranched alkanes of at least 4 members (excludes halogenated alkanes) is 3. The van der Waals surface area contributed by atoms with E-state index in [4.69, 9.17) is 9.98 Å². The van der Waals surface area contributed by atoms with E-state index in [0.29, 0.717) is 0 Å². The Kier molecular flexibility index (Phi) is 8.99. The first-order valence-electron chi connectivity index (χ1n) is 13.1. The van der Waals surface area contributed by atoms with Crippen molar-refractivity contribution in [2.75, 3.05) is 0 Å². The van der Waals surface area contributed by atoms with Gasteiger partial charge in [-0.05, 0) is 84.3 Å². The Morgan fingerprint density at radius 3 is 1.97 bits per heavy atom. The van der Waals surface area contributed by atoms with Crippen molar-refractivity contribution >= 4 is 23.3 Å². The minimum absolute atomic E-state index is 0.884. The molecule has 4 aromatic carbocycles. The van der Waals surface area contributed by atoms with E-state index in [9.17, 15) is 0 Å². The van der Waals surface area contributed by atoms with E-state index in [-0.39, 0.29) is 0 Å². The van der Waals surface area contributed by atoms with Crippen molar-refractivity contribution in [3.63, 3.8) is 0 Å². The van der Waals surface area contributed by atoms with Gasteiger partial charge in [0.1, 0.15) is 0 Å². The largest absolute Gasteiger partial charge is 0.255 e. The molecule has 0 aliphatic carbocycles. The van der Waals surface area contributed by atoms with Gasteiger partial charge in [-0.3, -0.25) is 9.98 Å². The van der Waals surface area contributed by atoms with Crippen LogP contribution in [0.5, 0.6) is 0 Å². The lowest BCUT2D eigenvalue weighted by Crippen LogP contribution is -1.92. The van der Waals surface area contributed by atoms with Gasteiger partial charge in [0.2, 0.25) is 0 Å². The fourth-order valence-electron chi connectivity index (χ4n) is 4.47. The fourth-order valence-corrected chi connectivity index (χ4v) is 4.47. The zero-order valence-corrected chi connectivity index (χ0v) is 21.7. The van der Waals surface area contributed by atoms with Gasteiger partial charge < -0.3 is 0 Å². The highest BCUT2D eigenvalue weighted by molar-refractivity contribution is 6.30. The van der Waals surface area contributed by atoms with Crippen molar-refractivity contribution in [2.24, 2.45) is 9.98 Å². The molecule has 0 spiro atoms. The summed E-state index contributed by atoms with van der Waals surface area (Å²) < 4.78 is 0. The molecule has 4 rings (SSSR count). The molecule has 0 bridgehead atoms. The summed E-state index contributed by atoms with van der Waals surface area (Å²) in [5.74, 6) is 0. The highest BCUT2D eigenvalue weighted by atomic mass is 14.8. The second-order valence-electron chi connectivity index (χ2n) is 9.50. The summed E-state index contributed by atoms with van der Waals surface area (Å²) in [5, 5.41) is 0. The van der Waals surface area contributed by atoms with E-state index in [0.717, 1.165) is 23.5 Å². The number of aliphatic imine (C=N–C) groups is 2. The maximum absolute atomic E-state index is 4.86. The average molecular weight is 473 g/mol. The molecule has 36 heavy (non-hydrogen) atoms. The van der Waals surface area contributed by atoms with Crippen LogP contribution in [0.4, 0.5) is 11.4 Å². The summed E-state index contributed by atoms with van der Waals surface area (Å²) in [4.78, 5) is 9.70. The first-order valence-corrected chi connectivity index (χ1v) is 13.1. The van der Waals surface area contributed by atoms with Gasteiger partial charge in [-0.15, -0.1) is 0 Å². The summed E-state index contributed by atoms with van der Waals surface area (Å²) in [5.41, 5.74) is 10.2. The molecule has 0 aliphatic rings. The molecule has 0 N–H and O–H groups in total. The second-order valence-corrected chi connectivity index (χ2v) is 9.50. The molecule has 0 unspecified atom stereocenters. The standard InChI is InChI=1S/C34H36N2/c1-4-5-6-9-14-28-21-32(30-17-12-8-13-18-30)23-33(22-28)35-25-27(3)36-34-20-26(2)19-31(24-34)29-15-10-7-11-16-29/h7-8,10-13,15-25H,4-6,9,14H2,1-3H3. The maximum atomic E-state index is 4.86. The van der Waals surface area contributed by atoms with E-state index < -0.39 is 0 Å². The summed E-state index contributed by atoms with van der Waals surface area (Å²) in [6, 6.07) is 34.2. The summed E-state index contributed by atoms with van der Waals surface area (Å²) in [7, 11) is 0. The number of hydrogen-bond acceptors (Lipinski definition) is 2. The quantitative estimate of drug-likeness (QED) is 0.162. The molecule has 0 amide bonds. The van der Waals surface area contributed by atoms with Crippen LogP contribution in [-0.2, 0) is 6.42 Å². The Morgan fingerprint density at radius 1 is 0.667 bits per heavy atom. The lowest BCUT2D eigenvalue weighted by atomic mass is 9.99. The Bertz CT molecular complexity index is 1320. The minimum Gasteiger partial charge on any atom is -0.255 e. The van der Waals surface area contributed by atoms with Crippen LogP contribution in [0.1, 0.15) is 50.7 Å². The summed E-state index contributed by atoms with van der Waals surface area (Å²) >= 11 is 0. The molecule has 2 heteroatoms. The summed E-state index contributed by atoms with van der Waals surface area (Å²) in [6.45, 7) is 6.39. The van der Waals surface area contributed by atoms with Crippen LogP contribution in [0, 0.1) is 6.92 Å². The lowest BCUT2D eigenvalue weighted by Gasteiger charge is -2.08. The molecule has 0 atom stereocenters. The third-order valence-corrected chi connectivity index (χ3v) is 6.28. The Labute approximate surface area is 216 Å². The van der Waals surface area contributed by atoms with Crippen molar-refractivity contribution in [3.8, 4) is 22.3 Å². The zero-order chi connectivity index (χ0) is 25.2. The predicted octanol–water partition coefficient (Wildman–Crippen LogP) is 9.95. The first kappa shape index (κ1) is 25.3. The molecule has 0 saturated heterocycles. The molecule has 182 valence electrons. The van der Waals surface area contributed by atoms with Gasteiger partial charge in [-0.1, -0.05) is 99.0 Å². The van der Waals surface area contributed by atoms with Gasteiger partial charge in [0, 0.05) is 6.21 Å². The fraction of sp³-hybridized carbons (Fsp3) is 0.235. The highest BCUT2D eigenvalue weighted by Gasteiger charge is 2.04. The Hall–Kier alpha value is -3.78. The second kappa shape index (κ2) is 12.8. The van der Waals surface area contributed by atoms with Gasteiger partial charge in [-0.25, -0.2) is 0 Å². The molecule has 2 nitrogen and oxygen atoms in total. The SMILES string of the molecule is CCCCCCc1cc(N=CC(C)=Nc2cc(C)cc(-c3ccccc3)c2)cc(-c2ccccc2)c1. The topological polar surface area (TPSA) is 24.7 Å². The van der Waals surface area contributed by atoms with Gasteiger partial charge >= 0.3 is 0 Å². The van der Waals surface area contributed by atoms with Gasteiger partial charge in [-0.2, -0.15) is 0 Å². The monoisotopic (exact) mass is 472 g/mol. The van der Waals surface area contributed by atoms with E-state index in [1.165, 1.54) is 59.1 Å². The molecule has 0 radical (unpaired) electrons. The van der Waals surface area contributed by atoms with E-state index >= 15 is 0 Å². The smallest absolute Gasteiger partial charge is 0.0642 e. The zero-order valence-electron chi connectivity index (χ0n) is 21.7. The van der Waals surface area contributed by atoms with Crippen LogP contribution < -0.4 is 0 Å². The molecule has 0 saturated carbocycles. The number of nitrogens with zero attached hydrogens (tertiary/aromatic N) is 2. The van der Waals surface area contributed by atoms with Gasteiger partial charge in [0.05, 0.1) is 17.1 Å². The molecule has 0 fully saturated rings. The maximum Gasteiger partial charge on any atom is 0.0642 e. The average Bonchev–Trinajstić information content (AvgIpc) is 2.90. The van der Waals surface area contributed by atoms with Crippen LogP contribution in [0.2, 0.25) is 0 Å². The lowest BCUT2D eigenvalue weighted by molar-refractivity contribution is 0.667. The van der Waals surface area contributed by atoms with Crippen molar-refractivity contribution in [1.82, 2.24) is 0 Å². The molecule has 4 aromatic rings. The first-order chi connectivity index (χ1) is 17.6. The Morgan fingerprint density at radius 2 is 1.31 bits per heavy atom. The van der Waals surface area contributed by atoms with E-state index in [1.54, 1.807) is 0 Å². The van der Waals surface area contributed by atoms with Crippen molar-refractivity contribution in [3.05, 3.63) is 108 Å². The summed E-state index contributed by atoms with van der Waals surface area (Å²) in [6.07, 6.45) is 8.01. The third-order valence-electron chi connectivity index (χ3n) is 6.28. The number of benzene rings is 4. The predicted molar refractivity (Wildman–Crippen MR) is 157 cm³/mol. The molecular formula is C34H36N2. The molecule has 0 aromatic heterocycles. The van der Waals surface area contributed by atoms with Gasteiger partial charge in [0.15, 0.2) is 0 Å². The van der Waals surface area contributed by atoms with Gasteiger partial charge in [0.25, 0.3) is 0 Å². The molecular weight excluding hydrogens is 436 g/mol. The highest BCUT2D eigenvalue weighted by Crippen LogP contribution is 2.28. The van der Waals surface area contributed by atoms with Crippen LogP contribution in [0.15, 0.2) is 107 Å². The van der Waals surface area contributed by atoms with Crippen molar-refractivity contribution in [1.29, 1.82) is 0 Å². The molecule has 0 heterocycles. The number of hydrogen-bond donors (Lipinski definition) is 0. The van der Waals surface area contributed by atoms with E-state index in [2.05, 4.69) is 105 Å². The third kappa shape index (κ3) is 7.36. The minimum atomic E-state index is 0.884. The van der Waals surface area contributed by atoms with Crippen LogP contribution in [0.3, 0.4) is 0 Å². The molecule has 0 aliphatic heterocycles. The Balaban J connectivity index is 1.58. The number of aryl methyl sites for hydroxylation is 2. The van der Waals surface area contributed by atoms with Crippen LogP contribution in [0.25, 0.3) is 22.3 Å². The number of rotatable bonds is 10. The van der Waals surface area contributed by atoms with Crippen LogP contribution >= 0.6 is 0 Å². The van der Waals surface area contributed by atoms with E-state index in [1.807, 2.05) is 19.2 Å². The van der Waals surface area contributed by atoms with Crippen LogP contribution in [-0.4, -0.2) is 11.9 Å². The van der Waals surface area contributed by atoms with Crippen molar-refractivity contribution < 1.29 is 0 Å². The normalized spacial score (nSPS) is 11.8. The van der Waals surface area contributed by atoms with Crippen molar-refractivity contribution in [2.45, 2.75) is 52.9 Å².